The summed E-state index contributed by atoms with van der Waals surface area (Å²) in [6.45, 7) is 0. The number of rotatable bonds is 4. The van der Waals surface area contributed by atoms with Gasteiger partial charge in [0.1, 0.15) is 10.7 Å². The molecule has 96 valence electrons. The molecule has 1 aromatic carbocycles. The smallest absolute Gasteiger partial charge is 0.401 e. The largest absolute Gasteiger partial charge is 0.433 e. The van der Waals surface area contributed by atoms with Gasteiger partial charge >= 0.3 is 5.88 Å². The van der Waals surface area contributed by atoms with Crippen LogP contribution in [0, 0.1) is 10.1 Å². The van der Waals surface area contributed by atoms with Crippen LogP contribution in [0.4, 0.5) is 5.88 Å². The van der Waals surface area contributed by atoms with Crippen LogP contribution in [0.15, 0.2) is 46.9 Å². The number of furan rings is 1. The molecule has 2 rings (SSSR count). The van der Waals surface area contributed by atoms with Crippen molar-refractivity contribution >= 4 is 23.4 Å². The monoisotopic (exact) mass is 258 g/mol. The summed E-state index contributed by atoms with van der Waals surface area (Å²) in [5.74, 6) is -0.822. The van der Waals surface area contributed by atoms with E-state index in [4.69, 9.17) is 10.2 Å². The van der Waals surface area contributed by atoms with Crippen LogP contribution in [0.5, 0.6) is 0 Å². The van der Waals surface area contributed by atoms with Crippen LogP contribution in [0.3, 0.4) is 0 Å². The molecule has 0 saturated carbocycles. The number of nitrogens with zero attached hydrogens (tertiary/aromatic N) is 1. The van der Waals surface area contributed by atoms with Gasteiger partial charge in [-0.25, -0.2) is 0 Å². The molecular formula is C13H10N2O4. The van der Waals surface area contributed by atoms with E-state index in [1.165, 1.54) is 18.2 Å². The van der Waals surface area contributed by atoms with Gasteiger partial charge in [0.25, 0.3) is 0 Å². The summed E-state index contributed by atoms with van der Waals surface area (Å²) >= 11 is 0. The minimum Gasteiger partial charge on any atom is -0.401 e. The van der Waals surface area contributed by atoms with Crippen molar-refractivity contribution < 1.29 is 14.1 Å². The first kappa shape index (κ1) is 12.6. The van der Waals surface area contributed by atoms with Crippen molar-refractivity contribution in [3.05, 3.63) is 63.9 Å². The van der Waals surface area contributed by atoms with E-state index in [0.29, 0.717) is 5.56 Å². The third-order valence-electron chi connectivity index (χ3n) is 2.43. The zero-order chi connectivity index (χ0) is 13.8. The summed E-state index contributed by atoms with van der Waals surface area (Å²) in [6, 6.07) is 11.4. The normalized spacial score (nSPS) is 11.3. The summed E-state index contributed by atoms with van der Waals surface area (Å²) in [6.07, 6.45) is 1.38. The molecule has 0 bridgehead atoms. The molecule has 1 heterocycles. The Morgan fingerprint density at radius 2 is 1.89 bits per heavy atom. The molecule has 19 heavy (non-hydrogen) atoms. The predicted molar refractivity (Wildman–Crippen MR) is 68.9 cm³/mol. The van der Waals surface area contributed by atoms with Gasteiger partial charge in [-0.3, -0.25) is 14.9 Å². The highest BCUT2D eigenvalue weighted by atomic mass is 16.6. The quantitative estimate of drug-likeness (QED) is 0.516. The van der Waals surface area contributed by atoms with Crippen LogP contribution >= 0.6 is 0 Å². The Bertz CT molecular complexity index is 644. The fourth-order valence-corrected chi connectivity index (χ4v) is 1.57. The van der Waals surface area contributed by atoms with E-state index in [1.54, 1.807) is 30.3 Å². The summed E-state index contributed by atoms with van der Waals surface area (Å²) in [5, 5.41) is 10.5. The molecule has 6 nitrogen and oxygen atoms in total. The summed E-state index contributed by atoms with van der Waals surface area (Å²) in [7, 11) is 0. The SMILES string of the molecule is NC(=O)/C(=C\c1ccc([N+](=O)[O-])o1)c1ccccc1. The maximum atomic E-state index is 11.4. The molecule has 0 aliphatic carbocycles. The second-order valence-corrected chi connectivity index (χ2v) is 3.72. The molecular weight excluding hydrogens is 248 g/mol. The summed E-state index contributed by atoms with van der Waals surface area (Å²) < 4.78 is 4.96. The number of carbonyl (C=O) groups is 1. The minimum atomic E-state index is -0.649. The highest BCUT2D eigenvalue weighted by molar-refractivity contribution is 6.23. The van der Waals surface area contributed by atoms with Crippen LogP contribution in [-0.4, -0.2) is 10.8 Å². The lowest BCUT2D eigenvalue weighted by Gasteiger charge is -2.02. The van der Waals surface area contributed by atoms with Crippen molar-refractivity contribution in [3.8, 4) is 0 Å². The molecule has 0 spiro atoms. The average molecular weight is 258 g/mol. The number of hydrogen-bond donors (Lipinski definition) is 1. The first-order valence-electron chi connectivity index (χ1n) is 5.39. The van der Waals surface area contributed by atoms with Crippen LogP contribution in [0.1, 0.15) is 11.3 Å². The zero-order valence-corrected chi connectivity index (χ0v) is 9.78. The second-order valence-electron chi connectivity index (χ2n) is 3.72. The second kappa shape index (κ2) is 5.18. The van der Waals surface area contributed by atoms with Gasteiger partial charge in [-0.2, -0.15) is 0 Å². The van der Waals surface area contributed by atoms with Gasteiger partial charge in [0.15, 0.2) is 0 Å². The highest BCUT2D eigenvalue weighted by Gasteiger charge is 2.13. The van der Waals surface area contributed by atoms with Crippen molar-refractivity contribution in [3.63, 3.8) is 0 Å². The Morgan fingerprint density at radius 1 is 1.21 bits per heavy atom. The van der Waals surface area contributed by atoms with Gasteiger partial charge < -0.3 is 10.2 Å². The molecule has 0 saturated heterocycles. The van der Waals surface area contributed by atoms with Crippen LogP contribution < -0.4 is 5.73 Å². The van der Waals surface area contributed by atoms with Gasteiger partial charge in [-0.05, 0) is 17.7 Å². The zero-order valence-electron chi connectivity index (χ0n) is 9.78. The molecule has 2 aromatic rings. The lowest BCUT2D eigenvalue weighted by Crippen LogP contribution is -2.12. The average Bonchev–Trinajstić information content (AvgIpc) is 2.85. The number of primary amides is 1. The molecule has 0 aliphatic rings. The Labute approximate surface area is 108 Å². The van der Waals surface area contributed by atoms with Gasteiger partial charge in [-0.15, -0.1) is 0 Å². The molecule has 1 amide bonds. The lowest BCUT2D eigenvalue weighted by atomic mass is 10.0. The van der Waals surface area contributed by atoms with E-state index < -0.39 is 10.8 Å². The molecule has 0 atom stereocenters. The highest BCUT2D eigenvalue weighted by Crippen LogP contribution is 2.22. The van der Waals surface area contributed by atoms with Crippen LogP contribution in [-0.2, 0) is 4.79 Å². The van der Waals surface area contributed by atoms with E-state index in [1.807, 2.05) is 0 Å². The molecule has 0 aliphatic heterocycles. The predicted octanol–water partition coefficient (Wildman–Crippen LogP) is 2.21. The number of carbonyl (C=O) groups excluding carboxylic acids is 1. The molecule has 1 aromatic heterocycles. The molecule has 0 radical (unpaired) electrons. The van der Waals surface area contributed by atoms with E-state index in [-0.39, 0.29) is 17.2 Å². The van der Waals surface area contributed by atoms with Crippen molar-refractivity contribution in [1.29, 1.82) is 0 Å². The maximum absolute atomic E-state index is 11.4. The Morgan fingerprint density at radius 3 is 2.42 bits per heavy atom. The number of nitro groups is 1. The standard InChI is InChI=1S/C13H10N2O4/c14-13(16)11(9-4-2-1-3-5-9)8-10-6-7-12(19-10)15(17)18/h1-8H,(H2,14,16)/b11-8-. The van der Waals surface area contributed by atoms with Crippen molar-refractivity contribution in [2.45, 2.75) is 0 Å². The number of nitrogens with two attached hydrogens (primary N) is 1. The molecule has 6 heteroatoms. The fraction of sp³-hybridized carbons (Fsp3) is 0. The van der Waals surface area contributed by atoms with Crippen LogP contribution in [0.25, 0.3) is 11.6 Å². The maximum Gasteiger partial charge on any atom is 0.433 e. The minimum absolute atomic E-state index is 0.198. The summed E-state index contributed by atoms with van der Waals surface area (Å²) in [4.78, 5) is 21.3. The van der Waals surface area contributed by atoms with Gasteiger partial charge in [-0.1, -0.05) is 30.3 Å². The Hall–Kier alpha value is -2.89. The molecule has 0 unspecified atom stereocenters. The number of hydrogen-bond acceptors (Lipinski definition) is 4. The molecule has 2 N–H and O–H groups in total. The lowest BCUT2D eigenvalue weighted by molar-refractivity contribution is -0.402. The van der Waals surface area contributed by atoms with Crippen molar-refractivity contribution in [1.82, 2.24) is 0 Å². The first-order valence-corrected chi connectivity index (χ1v) is 5.39. The third kappa shape index (κ3) is 2.86. The van der Waals surface area contributed by atoms with Crippen molar-refractivity contribution in [2.24, 2.45) is 5.73 Å². The number of benzene rings is 1. The van der Waals surface area contributed by atoms with E-state index in [9.17, 15) is 14.9 Å². The van der Waals surface area contributed by atoms with Gasteiger partial charge in [0.05, 0.1) is 11.6 Å². The third-order valence-corrected chi connectivity index (χ3v) is 2.43. The Kier molecular flexibility index (Phi) is 3.42. The van der Waals surface area contributed by atoms with Crippen molar-refractivity contribution in [2.75, 3.05) is 0 Å². The Balaban J connectivity index is 2.41. The number of amides is 1. The van der Waals surface area contributed by atoms with Gasteiger partial charge in [0.2, 0.25) is 5.91 Å². The van der Waals surface area contributed by atoms with Crippen LogP contribution in [0.2, 0.25) is 0 Å². The van der Waals surface area contributed by atoms with E-state index in [0.717, 1.165) is 0 Å². The molecule has 0 fully saturated rings. The topological polar surface area (TPSA) is 99.4 Å². The van der Waals surface area contributed by atoms with Gasteiger partial charge in [0, 0.05) is 0 Å². The first-order chi connectivity index (χ1) is 9.08. The fourth-order valence-electron chi connectivity index (χ4n) is 1.57. The summed E-state index contributed by atoms with van der Waals surface area (Å²) in [5.41, 5.74) is 6.15. The van der Waals surface area contributed by atoms with E-state index >= 15 is 0 Å². The van der Waals surface area contributed by atoms with E-state index in [2.05, 4.69) is 0 Å².